The first-order valence-electron chi connectivity index (χ1n) is 4.96. The number of benzene rings is 1. The number of nitrogens with one attached hydrogen (secondary N) is 2. The average molecular weight is 236 g/mol. The molecule has 1 aromatic carbocycles. The molecule has 0 spiro atoms. The van der Waals surface area contributed by atoms with Gasteiger partial charge in [-0.25, -0.2) is 10.9 Å². The van der Waals surface area contributed by atoms with Crippen LogP contribution in [0.3, 0.4) is 0 Å². The molecule has 0 aromatic heterocycles. The zero-order valence-corrected chi connectivity index (χ0v) is 10.0. The van der Waals surface area contributed by atoms with Crippen molar-refractivity contribution in [1.29, 1.82) is 0 Å². The molecular formula is C11H14N3OS. The zero-order chi connectivity index (χ0) is 11.6. The first-order valence-corrected chi connectivity index (χ1v) is 5.84. The van der Waals surface area contributed by atoms with Crippen molar-refractivity contribution in [2.75, 3.05) is 14.1 Å². The maximum atomic E-state index is 12.3. The van der Waals surface area contributed by atoms with Gasteiger partial charge in [0.05, 0.1) is 5.88 Å². The van der Waals surface area contributed by atoms with Gasteiger partial charge in [-0.3, -0.25) is 4.79 Å². The second-order valence-corrected chi connectivity index (χ2v) is 4.84. The molecule has 0 bridgehead atoms. The zero-order valence-electron chi connectivity index (χ0n) is 9.23. The molecule has 2 N–H and O–H groups in total. The van der Waals surface area contributed by atoms with Gasteiger partial charge in [-0.1, -0.05) is 30.3 Å². The summed E-state index contributed by atoms with van der Waals surface area (Å²) in [6, 6.07) is 9.69. The van der Waals surface area contributed by atoms with E-state index < -0.39 is 4.87 Å². The SMILES string of the molecule is CN(C)C(=O)C1(c2ccccc2)NN[CH]S1. The molecule has 5 heteroatoms. The van der Waals surface area contributed by atoms with Crippen LogP contribution in [0.25, 0.3) is 0 Å². The fourth-order valence-corrected chi connectivity index (χ4v) is 2.60. The Bertz CT molecular complexity index is 374. The quantitative estimate of drug-likeness (QED) is 0.800. The molecule has 1 radical (unpaired) electrons. The van der Waals surface area contributed by atoms with E-state index in [1.54, 1.807) is 24.9 Å². The number of thioether (sulfide) groups is 1. The molecular weight excluding hydrogens is 222 g/mol. The minimum atomic E-state index is -0.745. The summed E-state index contributed by atoms with van der Waals surface area (Å²) in [4.78, 5) is 13.1. The Morgan fingerprint density at radius 1 is 1.31 bits per heavy atom. The summed E-state index contributed by atoms with van der Waals surface area (Å²) in [6.45, 7) is 0. The molecule has 1 fully saturated rings. The van der Waals surface area contributed by atoms with E-state index in [4.69, 9.17) is 0 Å². The fourth-order valence-electron chi connectivity index (χ4n) is 1.63. The molecule has 0 aliphatic carbocycles. The summed E-state index contributed by atoms with van der Waals surface area (Å²) in [5.41, 5.74) is 6.87. The van der Waals surface area contributed by atoms with Crippen LogP contribution in [0.1, 0.15) is 5.56 Å². The summed E-state index contributed by atoms with van der Waals surface area (Å²) >= 11 is 1.44. The van der Waals surface area contributed by atoms with Gasteiger partial charge in [-0.05, 0) is 5.56 Å². The van der Waals surface area contributed by atoms with E-state index in [1.807, 2.05) is 30.3 Å². The highest BCUT2D eigenvalue weighted by Crippen LogP contribution is 2.39. The predicted molar refractivity (Wildman–Crippen MR) is 65.0 cm³/mol. The van der Waals surface area contributed by atoms with Crippen LogP contribution in [0, 0.1) is 5.88 Å². The van der Waals surface area contributed by atoms with Gasteiger partial charge in [-0.2, -0.15) is 0 Å². The third-order valence-electron chi connectivity index (χ3n) is 2.43. The molecule has 1 atom stereocenters. The summed E-state index contributed by atoms with van der Waals surface area (Å²) in [6.07, 6.45) is 0. The first-order chi connectivity index (χ1) is 7.67. The smallest absolute Gasteiger partial charge is 0.258 e. The summed E-state index contributed by atoms with van der Waals surface area (Å²) in [5.74, 6) is 1.80. The Kier molecular flexibility index (Phi) is 3.18. The van der Waals surface area contributed by atoms with E-state index in [-0.39, 0.29) is 5.91 Å². The van der Waals surface area contributed by atoms with Crippen LogP contribution < -0.4 is 10.9 Å². The minimum absolute atomic E-state index is 0.0185. The Morgan fingerprint density at radius 2 is 2.00 bits per heavy atom. The standard InChI is InChI=1S/C11H14N3OS/c1-14(2)10(15)11(13-12-8-16-11)9-6-4-3-5-7-9/h3-8,12-13H,1-2H3. The highest BCUT2D eigenvalue weighted by Gasteiger charge is 2.45. The molecule has 1 aliphatic heterocycles. The normalized spacial score (nSPS) is 24.4. The number of rotatable bonds is 2. The van der Waals surface area contributed by atoms with E-state index in [9.17, 15) is 4.79 Å². The van der Waals surface area contributed by atoms with E-state index in [0.717, 1.165) is 5.56 Å². The monoisotopic (exact) mass is 236 g/mol. The van der Waals surface area contributed by atoms with Crippen LogP contribution in [-0.2, 0) is 9.67 Å². The average Bonchev–Trinajstić information content (AvgIpc) is 2.79. The number of carbonyl (C=O) groups is 1. The van der Waals surface area contributed by atoms with Gasteiger partial charge in [0.15, 0.2) is 4.87 Å². The van der Waals surface area contributed by atoms with E-state index in [0.29, 0.717) is 0 Å². The van der Waals surface area contributed by atoms with Crippen molar-refractivity contribution >= 4 is 17.7 Å². The van der Waals surface area contributed by atoms with Crippen molar-refractivity contribution in [1.82, 2.24) is 15.8 Å². The second kappa shape index (κ2) is 4.45. The van der Waals surface area contributed by atoms with Crippen molar-refractivity contribution in [2.24, 2.45) is 0 Å². The first kappa shape index (κ1) is 11.4. The lowest BCUT2D eigenvalue weighted by Gasteiger charge is -2.29. The van der Waals surface area contributed by atoms with E-state index in [2.05, 4.69) is 10.9 Å². The maximum Gasteiger partial charge on any atom is 0.258 e. The van der Waals surface area contributed by atoms with Gasteiger partial charge >= 0.3 is 0 Å². The largest absolute Gasteiger partial charge is 0.346 e. The number of likely N-dealkylation sites (N-methyl/N-ethyl adjacent to an activating group) is 1. The number of amides is 1. The number of nitrogens with zero attached hydrogens (tertiary/aromatic N) is 1. The Labute approximate surface area is 99.4 Å². The van der Waals surface area contributed by atoms with Crippen molar-refractivity contribution in [2.45, 2.75) is 4.87 Å². The predicted octanol–water partition coefficient (Wildman–Crippen LogP) is 0.888. The lowest BCUT2D eigenvalue weighted by Crippen LogP contribution is -2.51. The topological polar surface area (TPSA) is 44.4 Å². The van der Waals surface area contributed by atoms with Crippen LogP contribution >= 0.6 is 11.8 Å². The summed E-state index contributed by atoms with van der Waals surface area (Å²) < 4.78 is 0. The molecule has 4 nitrogen and oxygen atoms in total. The molecule has 1 heterocycles. The third-order valence-corrected chi connectivity index (χ3v) is 3.53. The maximum absolute atomic E-state index is 12.3. The molecule has 1 aliphatic rings. The Morgan fingerprint density at radius 3 is 2.50 bits per heavy atom. The van der Waals surface area contributed by atoms with Crippen molar-refractivity contribution in [3.8, 4) is 0 Å². The highest BCUT2D eigenvalue weighted by atomic mass is 32.2. The molecule has 2 rings (SSSR count). The van der Waals surface area contributed by atoms with Crippen molar-refractivity contribution in [3.63, 3.8) is 0 Å². The lowest BCUT2D eigenvalue weighted by atomic mass is 10.1. The number of hydrogen-bond acceptors (Lipinski definition) is 4. The third kappa shape index (κ3) is 1.81. The van der Waals surface area contributed by atoms with Crippen LogP contribution in [-0.4, -0.2) is 24.9 Å². The Balaban J connectivity index is 2.40. The van der Waals surface area contributed by atoms with Crippen molar-refractivity contribution < 1.29 is 4.79 Å². The molecule has 1 amide bonds. The van der Waals surface area contributed by atoms with E-state index in [1.165, 1.54) is 11.8 Å². The van der Waals surface area contributed by atoms with Gasteiger partial charge in [0.2, 0.25) is 0 Å². The number of carbonyl (C=O) groups excluding carboxylic acids is 1. The van der Waals surface area contributed by atoms with Crippen LogP contribution in [0.5, 0.6) is 0 Å². The Hall–Kier alpha value is -1.04. The molecule has 85 valence electrons. The molecule has 1 saturated heterocycles. The number of hydrazine groups is 1. The van der Waals surface area contributed by atoms with Gasteiger partial charge in [0, 0.05) is 14.1 Å². The molecule has 16 heavy (non-hydrogen) atoms. The molecule has 1 unspecified atom stereocenters. The van der Waals surface area contributed by atoms with Gasteiger partial charge < -0.3 is 4.90 Å². The number of hydrogen-bond donors (Lipinski definition) is 2. The molecule has 1 aromatic rings. The summed E-state index contributed by atoms with van der Waals surface area (Å²) in [7, 11) is 3.52. The highest BCUT2D eigenvalue weighted by molar-refractivity contribution is 8.03. The van der Waals surface area contributed by atoms with Crippen LogP contribution in [0.15, 0.2) is 30.3 Å². The van der Waals surface area contributed by atoms with Gasteiger partial charge in [0.25, 0.3) is 5.91 Å². The van der Waals surface area contributed by atoms with Crippen molar-refractivity contribution in [3.05, 3.63) is 41.8 Å². The van der Waals surface area contributed by atoms with Crippen LogP contribution in [0.4, 0.5) is 0 Å². The second-order valence-electron chi connectivity index (χ2n) is 3.75. The van der Waals surface area contributed by atoms with Gasteiger partial charge in [0.1, 0.15) is 0 Å². The fraction of sp³-hybridized carbons (Fsp3) is 0.273. The van der Waals surface area contributed by atoms with Crippen LogP contribution in [0.2, 0.25) is 0 Å². The minimum Gasteiger partial charge on any atom is -0.346 e. The van der Waals surface area contributed by atoms with E-state index >= 15 is 0 Å². The summed E-state index contributed by atoms with van der Waals surface area (Å²) in [5, 5.41) is 0. The van der Waals surface area contributed by atoms with Gasteiger partial charge in [-0.15, -0.1) is 11.8 Å². The molecule has 0 saturated carbocycles. The lowest BCUT2D eigenvalue weighted by molar-refractivity contribution is -0.132.